The minimum absolute atomic E-state index is 0.0439. The van der Waals surface area contributed by atoms with Gasteiger partial charge in [0.2, 0.25) is 5.91 Å². The quantitative estimate of drug-likeness (QED) is 0.858. The highest BCUT2D eigenvalue weighted by molar-refractivity contribution is 5.95. The van der Waals surface area contributed by atoms with Crippen molar-refractivity contribution in [3.63, 3.8) is 0 Å². The van der Waals surface area contributed by atoms with Crippen LogP contribution in [-0.2, 0) is 4.79 Å². The lowest BCUT2D eigenvalue weighted by atomic mass is 9.94. The van der Waals surface area contributed by atoms with Crippen LogP contribution in [0.3, 0.4) is 0 Å². The molecule has 0 aromatic heterocycles. The maximum atomic E-state index is 12.8. The van der Waals surface area contributed by atoms with E-state index in [0.29, 0.717) is 24.2 Å². The lowest BCUT2D eigenvalue weighted by molar-refractivity contribution is -0.139. The zero-order valence-electron chi connectivity index (χ0n) is 13.4. The van der Waals surface area contributed by atoms with Crippen LogP contribution in [0, 0.1) is 17.2 Å². The molecule has 23 heavy (non-hydrogen) atoms. The molecule has 5 nitrogen and oxygen atoms in total. The Kier molecular flexibility index (Phi) is 4.33. The first-order valence-electron chi connectivity index (χ1n) is 8.24. The molecular formula is C18H21N3O2. The molecule has 120 valence electrons. The Morgan fingerprint density at radius 2 is 2.00 bits per heavy atom. The van der Waals surface area contributed by atoms with Gasteiger partial charge in [0.25, 0.3) is 5.91 Å². The van der Waals surface area contributed by atoms with Gasteiger partial charge in [-0.3, -0.25) is 9.59 Å². The zero-order valence-corrected chi connectivity index (χ0v) is 13.4. The highest BCUT2D eigenvalue weighted by Gasteiger charge is 2.41. The molecule has 0 radical (unpaired) electrons. The van der Waals surface area contributed by atoms with Crippen LogP contribution in [-0.4, -0.2) is 47.3 Å². The molecule has 0 aliphatic carbocycles. The van der Waals surface area contributed by atoms with Crippen LogP contribution < -0.4 is 0 Å². The van der Waals surface area contributed by atoms with Gasteiger partial charge in [-0.2, -0.15) is 5.26 Å². The fourth-order valence-electron chi connectivity index (χ4n) is 3.61. The molecule has 3 heterocycles. The van der Waals surface area contributed by atoms with Gasteiger partial charge in [-0.05, 0) is 43.5 Å². The molecule has 2 atom stereocenters. The third-order valence-corrected chi connectivity index (χ3v) is 4.81. The van der Waals surface area contributed by atoms with Crippen LogP contribution in [0.15, 0.2) is 24.3 Å². The highest BCUT2D eigenvalue weighted by atomic mass is 16.2. The summed E-state index contributed by atoms with van der Waals surface area (Å²) in [6.45, 7) is 3.97. The van der Waals surface area contributed by atoms with Gasteiger partial charge < -0.3 is 9.80 Å². The standard InChI is InChI=1S/C18H21N3O2/c1-2-9-21-16-8-7-15(18(21)23)11-20(12-16)17(22)14-5-3-13(10-19)4-6-14/h3-6,15-16H,2,7-9,11-12H2,1H3/t15-,16+/m0/s1. The molecule has 0 N–H and O–H groups in total. The summed E-state index contributed by atoms with van der Waals surface area (Å²) in [5, 5.41) is 8.85. The van der Waals surface area contributed by atoms with Crippen molar-refractivity contribution in [1.29, 1.82) is 5.26 Å². The number of hydrogen-bond donors (Lipinski definition) is 0. The third-order valence-electron chi connectivity index (χ3n) is 4.81. The summed E-state index contributed by atoms with van der Waals surface area (Å²) in [5.41, 5.74) is 1.13. The summed E-state index contributed by atoms with van der Waals surface area (Å²) in [7, 11) is 0. The van der Waals surface area contributed by atoms with Crippen molar-refractivity contribution < 1.29 is 9.59 Å². The molecule has 0 spiro atoms. The van der Waals surface area contributed by atoms with E-state index < -0.39 is 0 Å². The number of nitrogens with zero attached hydrogens (tertiary/aromatic N) is 3. The Labute approximate surface area is 136 Å². The molecule has 1 aromatic rings. The van der Waals surface area contributed by atoms with Crippen molar-refractivity contribution in [1.82, 2.24) is 9.80 Å². The Morgan fingerprint density at radius 1 is 1.26 bits per heavy atom. The summed E-state index contributed by atoms with van der Waals surface area (Å²) in [5.74, 6) is 0.0957. The largest absolute Gasteiger partial charge is 0.338 e. The maximum Gasteiger partial charge on any atom is 0.253 e. The van der Waals surface area contributed by atoms with Gasteiger partial charge in [0.15, 0.2) is 0 Å². The van der Waals surface area contributed by atoms with E-state index in [1.54, 1.807) is 24.3 Å². The van der Waals surface area contributed by atoms with Crippen molar-refractivity contribution in [2.45, 2.75) is 32.2 Å². The van der Waals surface area contributed by atoms with Crippen LogP contribution in [0.2, 0.25) is 0 Å². The maximum absolute atomic E-state index is 12.8. The Morgan fingerprint density at radius 3 is 2.65 bits per heavy atom. The van der Waals surface area contributed by atoms with Gasteiger partial charge in [-0.25, -0.2) is 0 Å². The topological polar surface area (TPSA) is 64.4 Å². The van der Waals surface area contributed by atoms with Gasteiger partial charge in [-0.15, -0.1) is 0 Å². The van der Waals surface area contributed by atoms with E-state index in [2.05, 4.69) is 13.0 Å². The number of carbonyl (C=O) groups is 2. The first-order chi connectivity index (χ1) is 11.1. The van der Waals surface area contributed by atoms with E-state index in [0.717, 1.165) is 25.8 Å². The van der Waals surface area contributed by atoms with Gasteiger partial charge in [0.1, 0.15) is 0 Å². The highest BCUT2D eigenvalue weighted by Crippen LogP contribution is 2.30. The van der Waals surface area contributed by atoms with Crippen molar-refractivity contribution in [3.8, 4) is 6.07 Å². The van der Waals surface area contributed by atoms with Crippen molar-refractivity contribution >= 4 is 11.8 Å². The van der Waals surface area contributed by atoms with Gasteiger partial charge in [0.05, 0.1) is 17.6 Å². The van der Waals surface area contributed by atoms with Gasteiger partial charge in [0, 0.05) is 31.2 Å². The van der Waals surface area contributed by atoms with Crippen molar-refractivity contribution in [3.05, 3.63) is 35.4 Å². The predicted octanol–water partition coefficient (Wildman–Crippen LogP) is 2.03. The second kappa shape index (κ2) is 6.41. The van der Waals surface area contributed by atoms with E-state index in [1.165, 1.54) is 0 Å². The number of nitriles is 1. The molecule has 4 rings (SSSR count). The number of hydrogen-bond acceptors (Lipinski definition) is 3. The number of carbonyl (C=O) groups excluding carboxylic acids is 2. The summed E-state index contributed by atoms with van der Waals surface area (Å²) in [6.07, 6.45) is 2.80. The normalized spacial score (nSPS) is 23.6. The van der Waals surface area contributed by atoms with E-state index >= 15 is 0 Å². The Balaban J connectivity index is 1.80. The van der Waals surface area contributed by atoms with Crippen LogP contribution in [0.4, 0.5) is 0 Å². The Hall–Kier alpha value is -2.35. The lowest BCUT2D eigenvalue weighted by Crippen LogP contribution is -2.48. The van der Waals surface area contributed by atoms with Crippen LogP contribution in [0.25, 0.3) is 0 Å². The molecule has 1 aromatic carbocycles. The molecule has 3 aliphatic heterocycles. The van der Waals surface area contributed by atoms with Crippen LogP contribution in [0.5, 0.6) is 0 Å². The molecular weight excluding hydrogens is 290 g/mol. The summed E-state index contributed by atoms with van der Waals surface area (Å²) >= 11 is 0. The zero-order chi connectivity index (χ0) is 16.4. The van der Waals surface area contributed by atoms with Crippen LogP contribution in [0.1, 0.15) is 42.1 Å². The molecule has 5 heteroatoms. The number of benzene rings is 1. The smallest absolute Gasteiger partial charge is 0.253 e. The minimum Gasteiger partial charge on any atom is -0.338 e. The molecule has 3 saturated heterocycles. The molecule has 0 unspecified atom stereocenters. The fourth-order valence-corrected chi connectivity index (χ4v) is 3.61. The summed E-state index contributed by atoms with van der Waals surface area (Å²) < 4.78 is 0. The average Bonchev–Trinajstić information content (AvgIpc) is 2.87. The minimum atomic E-state index is -0.0670. The van der Waals surface area contributed by atoms with Crippen molar-refractivity contribution in [2.24, 2.45) is 5.92 Å². The van der Waals surface area contributed by atoms with E-state index in [-0.39, 0.29) is 23.8 Å². The molecule has 3 aliphatic rings. The second-order valence-electron chi connectivity index (χ2n) is 6.36. The molecule has 2 bridgehead atoms. The van der Waals surface area contributed by atoms with Crippen LogP contribution >= 0.6 is 0 Å². The molecule has 2 amide bonds. The number of piperidine rings is 1. The lowest BCUT2D eigenvalue weighted by Gasteiger charge is -2.35. The second-order valence-corrected chi connectivity index (χ2v) is 6.36. The summed E-state index contributed by atoms with van der Waals surface area (Å²) in [4.78, 5) is 29.1. The van der Waals surface area contributed by atoms with Gasteiger partial charge >= 0.3 is 0 Å². The third kappa shape index (κ3) is 2.94. The number of rotatable bonds is 3. The molecule has 3 fully saturated rings. The Bertz CT molecular complexity index is 647. The number of fused-ring (bicyclic) bond motifs is 4. The predicted molar refractivity (Wildman–Crippen MR) is 85.6 cm³/mol. The average molecular weight is 311 g/mol. The monoisotopic (exact) mass is 311 g/mol. The first kappa shape index (κ1) is 15.5. The van der Waals surface area contributed by atoms with Gasteiger partial charge in [-0.1, -0.05) is 6.92 Å². The first-order valence-corrected chi connectivity index (χ1v) is 8.24. The summed E-state index contributed by atoms with van der Waals surface area (Å²) in [6, 6.07) is 8.91. The fraction of sp³-hybridized carbons (Fsp3) is 0.500. The van der Waals surface area contributed by atoms with E-state index in [1.807, 2.05) is 9.80 Å². The SMILES string of the molecule is CCCN1C(=O)[C@H]2CC[C@@H]1CN(C(=O)c1ccc(C#N)cc1)C2. The number of amides is 2. The molecule has 0 saturated carbocycles. The van der Waals surface area contributed by atoms with Crippen molar-refractivity contribution in [2.75, 3.05) is 19.6 Å². The van der Waals surface area contributed by atoms with E-state index in [4.69, 9.17) is 5.26 Å². The van der Waals surface area contributed by atoms with E-state index in [9.17, 15) is 9.59 Å².